The van der Waals surface area contributed by atoms with Crippen molar-refractivity contribution in [3.63, 3.8) is 0 Å². The predicted octanol–water partition coefficient (Wildman–Crippen LogP) is 3.66. The number of nitrogens with two attached hydrogens (primary N) is 1. The van der Waals surface area contributed by atoms with E-state index in [1.807, 2.05) is 43.3 Å². The van der Waals surface area contributed by atoms with Crippen LogP contribution < -0.4 is 5.73 Å². The lowest BCUT2D eigenvalue weighted by Gasteiger charge is -2.04. The Morgan fingerprint density at radius 3 is 2.56 bits per heavy atom. The van der Waals surface area contributed by atoms with E-state index < -0.39 is 0 Å². The van der Waals surface area contributed by atoms with E-state index in [1.54, 1.807) is 6.20 Å². The number of pyridine rings is 1. The number of rotatable bonds is 4. The summed E-state index contributed by atoms with van der Waals surface area (Å²) in [5.41, 5.74) is 8.35. The van der Waals surface area contributed by atoms with Crippen molar-refractivity contribution >= 4 is 17.6 Å². The van der Waals surface area contributed by atoms with Gasteiger partial charge in [0.2, 0.25) is 5.89 Å². The van der Waals surface area contributed by atoms with Crippen molar-refractivity contribution < 1.29 is 4.42 Å². The SMILES string of the molecule is Cc1ccc(-c2cnc(CSc3nc(N)c(C#N)cc3C#N)o2)cc1. The van der Waals surface area contributed by atoms with Crippen LogP contribution in [-0.2, 0) is 5.75 Å². The van der Waals surface area contributed by atoms with Gasteiger partial charge < -0.3 is 10.2 Å². The smallest absolute Gasteiger partial charge is 0.205 e. The second-order valence-corrected chi connectivity index (χ2v) is 6.23. The quantitative estimate of drug-likeness (QED) is 0.716. The Morgan fingerprint density at radius 2 is 1.88 bits per heavy atom. The molecular weight excluding hydrogens is 334 g/mol. The number of aromatic nitrogens is 2. The monoisotopic (exact) mass is 347 g/mol. The highest BCUT2D eigenvalue weighted by Gasteiger charge is 2.13. The van der Waals surface area contributed by atoms with E-state index in [9.17, 15) is 5.26 Å². The van der Waals surface area contributed by atoms with E-state index in [0.29, 0.717) is 28.0 Å². The first-order valence-corrected chi connectivity index (χ1v) is 8.34. The number of thioether (sulfide) groups is 1. The maximum absolute atomic E-state index is 9.21. The van der Waals surface area contributed by atoms with Crippen LogP contribution in [0, 0.1) is 29.6 Å². The van der Waals surface area contributed by atoms with Gasteiger partial charge in [0, 0.05) is 5.56 Å². The first kappa shape index (κ1) is 16.6. The molecule has 0 saturated heterocycles. The molecule has 0 aliphatic heterocycles. The number of nitrogens with zero attached hydrogens (tertiary/aromatic N) is 4. The lowest BCUT2D eigenvalue weighted by atomic mass is 10.1. The van der Waals surface area contributed by atoms with Gasteiger partial charge >= 0.3 is 0 Å². The summed E-state index contributed by atoms with van der Waals surface area (Å²) in [5, 5.41) is 18.6. The lowest BCUT2D eigenvalue weighted by Crippen LogP contribution is -1.99. The van der Waals surface area contributed by atoms with E-state index in [1.165, 1.54) is 23.4 Å². The zero-order valence-electron chi connectivity index (χ0n) is 13.4. The fraction of sp³-hybridized carbons (Fsp3) is 0.111. The summed E-state index contributed by atoms with van der Waals surface area (Å²) in [6.45, 7) is 2.02. The van der Waals surface area contributed by atoms with Crippen LogP contribution in [0.1, 0.15) is 22.6 Å². The molecule has 2 aromatic heterocycles. The van der Waals surface area contributed by atoms with Gasteiger partial charge in [0.05, 0.1) is 23.1 Å². The summed E-state index contributed by atoms with van der Waals surface area (Å²) in [5.74, 6) is 1.72. The molecule has 2 heterocycles. The Labute approximate surface area is 148 Å². The van der Waals surface area contributed by atoms with Crippen molar-refractivity contribution in [1.82, 2.24) is 9.97 Å². The minimum absolute atomic E-state index is 0.108. The number of nitrogen functional groups attached to an aromatic ring is 1. The molecule has 0 spiro atoms. The van der Waals surface area contributed by atoms with Gasteiger partial charge in [-0.05, 0) is 13.0 Å². The standard InChI is InChI=1S/C18H13N5OS/c1-11-2-4-12(5-3-11)15-9-22-16(24-15)10-25-18-14(8-20)6-13(7-19)17(21)23-18/h2-6,9H,10H2,1H3,(H2,21,23). The molecule has 3 aromatic rings. The van der Waals surface area contributed by atoms with Crippen LogP contribution in [0.2, 0.25) is 0 Å². The highest BCUT2D eigenvalue weighted by molar-refractivity contribution is 7.98. The van der Waals surface area contributed by atoms with Gasteiger partial charge in [0.15, 0.2) is 5.76 Å². The molecule has 0 atom stereocenters. The normalized spacial score (nSPS) is 10.2. The molecule has 0 bridgehead atoms. The van der Waals surface area contributed by atoms with Gasteiger partial charge in [-0.25, -0.2) is 9.97 Å². The second kappa shape index (κ2) is 7.08. The summed E-state index contributed by atoms with van der Waals surface area (Å²) in [6, 6.07) is 13.4. The summed E-state index contributed by atoms with van der Waals surface area (Å²) in [4.78, 5) is 8.39. The van der Waals surface area contributed by atoms with Crippen LogP contribution in [0.5, 0.6) is 0 Å². The zero-order valence-corrected chi connectivity index (χ0v) is 14.2. The Balaban J connectivity index is 1.77. The average Bonchev–Trinajstić information content (AvgIpc) is 3.09. The van der Waals surface area contributed by atoms with Gasteiger partial charge in [-0.1, -0.05) is 41.6 Å². The van der Waals surface area contributed by atoms with Crippen LogP contribution in [0.25, 0.3) is 11.3 Å². The molecule has 122 valence electrons. The molecule has 0 aliphatic carbocycles. The molecule has 0 aliphatic rings. The average molecular weight is 347 g/mol. The van der Waals surface area contributed by atoms with Crippen LogP contribution in [0.4, 0.5) is 5.82 Å². The number of oxazole rings is 1. The van der Waals surface area contributed by atoms with E-state index in [4.69, 9.17) is 15.4 Å². The third-order valence-corrected chi connectivity index (χ3v) is 4.46. The Kier molecular flexibility index (Phi) is 4.69. The number of anilines is 1. The van der Waals surface area contributed by atoms with Crippen molar-refractivity contribution in [2.24, 2.45) is 0 Å². The number of nitriles is 2. The minimum atomic E-state index is 0.108. The molecule has 2 N–H and O–H groups in total. The number of benzene rings is 1. The summed E-state index contributed by atoms with van der Waals surface area (Å²) in [7, 11) is 0. The Bertz CT molecular complexity index is 996. The van der Waals surface area contributed by atoms with Crippen molar-refractivity contribution in [3.8, 4) is 23.5 Å². The molecule has 0 radical (unpaired) electrons. The molecule has 25 heavy (non-hydrogen) atoms. The maximum Gasteiger partial charge on any atom is 0.205 e. The maximum atomic E-state index is 9.21. The number of aryl methyl sites for hydroxylation is 1. The third kappa shape index (κ3) is 3.63. The highest BCUT2D eigenvalue weighted by atomic mass is 32.2. The van der Waals surface area contributed by atoms with Gasteiger partial charge in [0.25, 0.3) is 0 Å². The van der Waals surface area contributed by atoms with Crippen LogP contribution in [0.15, 0.2) is 46.0 Å². The molecule has 0 amide bonds. The Hall–Kier alpha value is -3.29. The lowest BCUT2D eigenvalue weighted by molar-refractivity contribution is 0.530. The molecule has 7 heteroatoms. The second-order valence-electron chi connectivity index (χ2n) is 5.27. The van der Waals surface area contributed by atoms with Crippen LogP contribution >= 0.6 is 11.8 Å². The molecule has 0 unspecified atom stereocenters. The van der Waals surface area contributed by atoms with Crippen LogP contribution in [0.3, 0.4) is 0 Å². The molecule has 3 rings (SSSR count). The van der Waals surface area contributed by atoms with Crippen molar-refractivity contribution in [2.75, 3.05) is 5.73 Å². The van der Waals surface area contributed by atoms with E-state index >= 15 is 0 Å². The molecule has 0 saturated carbocycles. The van der Waals surface area contributed by atoms with Crippen LogP contribution in [-0.4, -0.2) is 9.97 Å². The van der Waals surface area contributed by atoms with Gasteiger partial charge in [-0.2, -0.15) is 10.5 Å². The van der Waals surface area contributed by atoms with E-state index in [0.717, 1.165) is 5.56 Å². The Morgan fingerprint density at radius 1 is 1.16 bits per heavy atom. The van der Waals surface area contributed by atoms with Crippen molar-refractivity contribution in [3.05, 3.63) is 59.1 Å². The number of hydrogen-bond donors (Lipinski definition) is 1. The highest BCUT2D eigenvalue weighted by Crippen LogP contribution is 2.28. The van der Waals surface area contributed by atoms with Gasteiger partial charge in [-0.15, -0.1) is 0 Å². The zero-order chi connectivity index (χ0) is 17.8. The molecule has 6 nitrogen and oxygen atoms in total. The minimum Gasteiger partial charge on any atom is -0.440 e. The topological polar surface area (TPSA) is 113 Å². The summed E-state index contributed by atoms with van der Waals surface area (Å²) < 4.78 is 5.75. The third-order valence-electron chi connectivity index (χ3n) is 3.48. The fourth-order valence-electron chi connectivity index (χ4n) is 2.15. The predicted molar refractivity (Wildman–Crippen MR) is 94.3 cm³/mol. The largest absolute Gasteiger partial charge is 0.440 e. The first-order chi connectivity index (χ1) is 12.1. The first-order valence-electron chi connectivity index (χ1n) is 7.36. The fourth-order valence-corrected chi connectivity index (χ4v) is 2.96. The van der Waals surface area contributed by atoms with Crippen molar-refractivity contribution in [1.29, 1.82) is 10.5 Å². The molecule has 0 fully saturated rings. The molecular formula is C18H13N5OS. The number of hydrogen-bond acceptors (Lipinski definition) is 7. The van der Waals surface area contributed by atoms with E-state index in [-0.39, 0.29) is 11.4 Å². The van der Waals surface area contributed by atoms with E-state index in [2.05, 4.69) is 9.97 Å². The molecule has 1 aromatic carbocycles. The summed E-state index contributed by atoms with van der Waals surface area (Å²) in [6.07, 6.45) is 1.67. The summed E-state index contributed by atoms with van der Waals surface area (Å²) >= 11 is 1.29. The van der Waals surface area contributed by atoms with Gasteiger partial charge in [0.1, 0.15) is 23.0 Å². The van der Waals surface area contributed by atoms with Crippen molar-refractivity contribution in [2.45, 2.75) is 17.7 Å². The van der Waals surface area contributed by atoms with Gasteiger partial charge in [-0.3, -0.25) is 0 Å².